The van der Waals surface area contributed by atoms with E-state index in [1.54, 1.807) is 21.1 Å². The highest BCUT2D eigenvalue weighted by atomic mass is 32.2. The smallest absolute Gasteiger partial charge is 0.294 e. The SMILES string of the molecule is COc1cc(S(=O)(=O)O)cc2cc(S(=O)(=O)O)cc([N+](C)(C)C)c12. The summed E-state index contributed by atoms with van der Waals surface area (Å²) in [6.45, 7) is 0. The Labute approximate surface area is 140 Å². The summed E-state index contributed by atoms with van der Waals surface area (Å²) in [7, 11) is -2.37. The molecule has 2 rings (SSSR count). The molecule has 0 aromatic heterocycles. The van der Waals surface area contributed by atoms with Gasteiger partial charge >= 0.3 is 0 Å². The molecule has 0 radical (unpaired) electrons. The largest absolute Gasteiger partial charge is 0.496 e. The molecule has 0 atom stereocenters. The van der Waals surface area contributed by atoms with Gasteiger partial charge in [-0.15, -0.1) is 0 Å². The minimum Gasteiger partial charge on any atom is -0.496 e. The Morgan fingerprint density at radius 3 is 1.71 bits per heavy atom. The first kappa shape index (κ1) is 18.6. The second-order valence-electron chi connectivity index (χ2n) is 6.13. The van der Waals surface area contributed by atoms with Crippen molar-refractivity contribution >= 4 is 36.7 Å². The van der Waals surface area contributed by atoms with Crippen molar-refractivity contribution in [1.82, 2.24) is 4.48 Å². The monoisotopic (exact) mass is 376 g/mol. The molecule has 24 heavy (non-hydrogen) atoms. The fourth-order valence-corrected chi connectivity index (χ4v) is 3.46. The molecule has 0 saturated heterocycles. The Balaban J connectivity index is 3.09. The summed E-state index contributed by atoms with van der Waals surface area (Å²) in [5, 5.41) is 0.671. The molecule has 0 aliphatic heterocycles. The minimum atomic E-state index is -4.52. The van der Waals surface area contributed by atoms with Crippen LogP contribution in [0.15, 0.2) is 34.1 Å². The van der Waals surface area contributed by atoms with Crippen LogP contribution in [0.3, 0.4) is 0 Å². The summed E-state index contributed by atoms with van der Waals surface area (Å²) >= 11 is 0. The predicted molar refractivity (Wildman–Crippen MR) is 89.7 cm³/mol. The molecule has 132 valence electrons. The maximum Gasteiger partial charge on any atom is 0.294 e. The van der Waals surface area contributed by atoms with Gasteiger partial charge in [0, 0.05) is 12.1 Å². The van der Waals surface area contributed by atoms with Gasteiger partial charge in [-0.2, -0.15) is 16.8 Å². The Morgan fingerprint density at radius 2 is 1.33 bits per heavy atom. The molecular formula is C14H18NO7S2+. The topological polar surface area (TPSA) is 118 Å². The van der Waals surface area contributed by atoms with E-state index in [0.717, 1.165) is 18.2 Å². The van der Waals surface area contributed by atoms with Gasteiger partial charge in [0.2, 0.25) is 0 Å². The molecule has 0 saturated carbocycles. The third kappa shape index (κ3) is 3.52. The van der Waals surface area contributed by atoms with Crippen LogP contribution in [0.2, 0.25) is 0 Å². The summed E-state index contributed by atoms with van der Waals surface area (Å²) in [4.78, 5) is -0.820. The average Bonchev–Trinajstić information content (AvgIpc) is 2.41. The first-order chi connectivity index (χ1) is 10.7. The van der Waals surface area contributed by atoms with Crippen molar-refractivity contribution in [2.45, 2.75) is 9.79 Å². The summed E-state index contributed by atoms with van der Waals surface area (Å²) in [6.07, 6.45) is 0. The third-order valence-electron chi connectivity index (χ3n) is 3.48. The Morgan fingerprint density at radius 1 is 0.875 bits per heavy atom. The zero-order valence-corrected chi connectivity index (χ0v) is 15.1. The van der Waals surface area contributed by atoms with Gasteiger partial charge in [-0.05, 0) is 17.5 Å². The Hall–Kier alpha value is -1.72. The summed E-state index contributed by atoms with van der Waals surface area (Å²) in [6, 6.07) is 4.71. The number of fused-ring (bicyclic) bond motifs is 1. The molecule has 0 fully saturated rings. The maximum atomic E-state index is 11.5. The van der Waals surface area contributed by atoms with E-state index in [1.165, 1.54) is 13.2 Å². The van der Waals surface area contributed by atoms with Crippen LogP contribution in [0.1, 0.15) is 0 Å². The van der Waals surface area contributed by atoms with E-state index in [0.29, 0.717) is 11.1 Å². The number of hydrogen-bond acceptors (Lipinski definition) is 5. The van der Waals surface area contributed by atoms with Crippen molar-refractivity contribution in [1.29, 1.82) is 0 Å². The first-order valence-electron chi connectivity index (χ1n) is 6.68. The van der Waals surface area contributed by atoms with Gasteiger partial charge in [0.1, 0.15) is 16.3 Å². The molecule has 2 aromatic rings. The van der Waals surface area contributed by atoms with Crippen LogP contribution in [0.4, 0.5) is 5.69 Å². The van der Waals surface area contributed by atoms with Crippen LogP contribution in [0.25, 0.3) is 10.8 Å². The summed E-state index contributed by atoms with van der Waals surface area (Å²) < 4.78 is 70.0. The molecule has 0 unspecified atom stereocenters. The molecule has 2 aromatic carbocycles. The van der Waals surface area contributed by atoms with E-state index in [9.17, 15) is 25.9 Å². The van der Waals surface area contributed by atoms with E-state index >= 15 is 0 Å². The van der Waals surface area contributed by atoms with Crippen molar-refractivity contribution in [3.63, 3.8) is 0 Å². The van der Waals surface area contributed by atoms with E-state index in [2.05, 4.69) is 0 Å². The molecule has 2 N–H and O–H groups in total. The van der Waals surface area contributed by atoms with Gasteiger partial charge in [0.15, 0.2) is 0 Å². The van der Waals surface area contributed by atoms with Gasteiger partial charge < -0.3 is 4.74 Å². The lowest BCUT2D eigenvalue weighted by Gasteiger charge is -2.26. The molecule has 0 aliphatic rings. The molecule has 0 aliphatic carbocycles. The second kappa shape index (κ2) is 5.67. The highest BCUT2D eigenvalue weighted by Crippen LogP contribution is 2.39. The zero-order valence-electron chi connectivity index (χ0n) is 13.5. The lowest BCUT2D eigenvalue weighted by atomic mass is 10.1. The molecule has 0 heterocycles. The van der Waals surface area contributed by atoms with Crippen LogP contribution in [-0.2, 0) is 20.2 Å². The summed E-state index contributed by atoms with van der Waals surface area (Å²) in [5.41, 5.74) is 0.485. The fraction of sp³-hybridized carbons (Fsp3) is 0.286. The molecule has 0 bridgehead atoms. The minimum absolute atomic E-state index is 0.157. The van der Waals surface area contributed by atoms with Crippen molar-refractivity contribution in [2.75, 3.05) is 28.3 Å². The predicted octanol–water partition coefficient (Wildman–Crippen LogP) is 1.54. The quantitative estimate of drug-likeness (QED) is 0.614. The number of methoxy groups -OCH3 is 1. The average molecular weight is 376 g/mol. The molecule has 0 amide bonds. The molecule has 8 nitrogen and oxygen atoms in total. The van der Waals surface area contributed by atoms with Crippen LogP contribution in [0, 0.1) is 0 Å². The third-order valence-corrected chi connectivity index (χ3v) is 5.14. The number of hydrogen-bond donors (Lipinski definition) is 2. The number of quaternary nitrogens is 1. The Bertz CT molecular complexity index is 1010. The van der Waals surface area contributed by atoms with Gasteiger partial charge in [-0.1, -0.05) is 0 Å². The van der Waals surface area contributed by atoms with E-state index in [-0.39, 0.29) is 20.5 Å². The lowest BCUT2D eigenvalue weighted by molar-refractivity contribution is 0.415. The summed E-state index contributed by atoms with van der Waals surface area (Å²) in [5.74, 6) is 0.157. The highest BCUT2D eigenvalue weighted by Gasteiger charge is 2.26. The van der Waals surface area contributed by atoms with Gasteiger partial charge in [0.25, 0.3) is 20.2 Å². The second-order valence-corrected chi connectivity index (χ2v) is 8.97. The number of benzene rings is 2. The van der Waals surface area contributed by atoms with Crippen LogP contribution in [0.5, 0.6) is 5.75 Å². The number of nitrogens with zero attached hydrogens (tertiary/aromatic N) is 1. The van der Waals surface area contributed by atoms with Crippen molar-refractivity contribution in [2.24, 2.45) is 0 Å². The molecular weight excluding hydrogens is 358 g/mol. The highest BCUT2D eigenvalue weighted by molar-refractivity contribution is 7.86. The first-order valence-corrected chi connectivity index (χ1v) is 9.56. The number of ether oxygens (including phenoxy) is 1. The van der Waals surface area contributed by atoms with E-state index in [1.807, 2.05) is 0 Å². The van der Waals surface area contributed by atoms with Crippen molar-refractivity contribution < 1.29 is 30.7 Å². The molecule has 10 heteroatoms. The van der Waals surface area contributed by atoms with E-state index < -0.39 is 25.1 Å². The Kier molecular flexibility index (Phi) is 4.40. The normalized spacial score (nSPS) is 13.2. The maximum absolute atomic E-state index is 11.5. The van der Waals surface area contributed by atoms with Gasteiger partial charge in [-0.25, -0.2) is 0 Å². The standard InChI is InChI=1S/C14H17NO7S2/c1-15(2,3)12-7-10(23(16,17)18)5-9-6-11(24(19,20)21)8-13(22-4)14(9)12/h5-8H,1-4H3,(H-,16,17,18,19,20,21)/p+1. The van der Waals surface area contributed by atoms with Crippen LogP contribution >= 0.6 is 0 Å². The van der Waals surface area contributed by atoms with Crippen molar-refractivity contribution in [3.05, 3.63) is 24.3 Å². The number of rotatable bonds is 4. The lowest BCUT2D eigenvalue weighted by Crippen LogP contribution is -2.35. The fourth-order valence-electron chi connectivity index (χ4n) is 2.39. The molecule has 0 spiro atoms. The van der Waals surface area contributed by atoms with E-state index in [4.69, 9.17) is 4.74 Å². The van der Waals surface area contributed by atoms with Gasteiger partial charge in [-0.3, -0.25) is 13.6 Å². The van der Waals surface area contributed by atoms with Gasteiger partial charge in [0.05, 0.1) is 38.5 Å². The van der Waals surface area contributed by atoms with Crippen LogP contribution in [-0.4, -0.2) is 54.2 Å². The zero-order chi connectivity index (χ0) is 18.5. The van der Waals surface area contributed by atoms with Crippen molar-refractivity contribution in [3.8, 4) is 5.75 Å². The van der Waals surface area contributed by atoms with Crippen LogP contribution < -0.4 is 9.22 Å².